The number of aromatic amines is 1. The second-order valence-electron chi connectivity index (χ2n) is 6.05. The van der Waals surface area contributed by atoms with Crippen LogP contribution in [-0.4, -0.2) is 28.1 Å². The third-order valence-corrected chi connectivity index (χ3v) is 5.57. The van der Waals surface area contributed by atoms with E-state index in [4.69, 9.17) is 4.42 Å². The van der Waals surface area contributed by atoms with E-state index in [2.05, 4.69) is 16.0 Å². The van der Waals surface area contributed by atoms with Crippen LogP contribution in [0.2, 0.25) is 0 Å². The number of rotatable bonds is 3. The first kappa shape index (κ1) is 14.2. The van der Waals surface area contributed by atoms with Gasteiger partial charge < -0.3 is 9.40 Å². The fourth-order valence-electron chi connectivity index (χ4n) is 3.39. The summed E-state index contributed by atoms with van der Waals surface area (Å²) in [6, 6.07) is 4.11. The maximum atomic E-state index is 12.0. The molecule has 2 aromatic heterocycles. The molecular weight excluding hydrogens is 296 g/mol. The molecule has 4 rings (SSSR count). The number of H-pyrrole nitrogens is 1. The van der Waals surface area contributed by atoms with Crippen LogP contribution in [0.4, 0.5) is 0 Å². The van der Waals surface area contributed by atoms with Gasteiger partial charge in [0.1, 0.15) is 11.5 Å². The van der Waals surface area contributed by atoms with Crippen molar-refractivity contribution < 1.29 is 4.42 Å². The van der Waals surface area contributed by atoms with Gasteiger partial charge in [0.15, 0.2) is 0 Å². The Balaban J connectivity index is 1.64. The summed E-state index contributed by atoms with van der Waals surface area (Å²) in [5.41, 5.74) is 3.28. The standard InChI is InChI=1S/C17H20N2O2S/c20-17-14-4-2-1-3-13(14)15(9-18-17)16-6-5-12(21-16)10-19-7-8-22-11-19/h5-6,9H,1-4,7-8,10-11H2,(H,18,20). The van der Waals surface area contributed by atoms with Crippen LogP contribution in [-0.2, 0) is 19.4 Å². The summed E-state index contributed by atoms with van der Waals surface area (Å²) in [6.45, 7) is 2.01. The van der Waals surface area contributed by atoms with Gasteiger partial charge in [-0.1, -0.05) is 0 Å². The van der Waals surface area contributed by atoms with Crippen LogP contribution < -0.4 is 5.56 Å². The van der Waals surface area contributed by atoms with Crippen molar-refractivity contribution in [1.82, 2.24) is 9.88 Å². The van der Waals surface area contributed by atoms with E-state index < -0.39 is 0 Å². The van der Waals surface area contributed by atoms with Gasteiger partial charge in [-0.15, -0.1) is 11.8 Å². The average molecular weight is 316 g/mol. The lowest BCUT2D eigenvalue weighted by Crippen LogP contribution is -2.19. The largest absolute Gasteiger partial charge is 0.460 e. The zero-order chi connectivity index (χ0) is 14.9. The number of furan rings is 1. The minimum Gasteiger partial charge on any atom is -0.460 e. The van der Waals surface area contributed by atoms with E-state index in [1.807, 2.05) is 24.0 Å². The maximum Gasteiger partial charge on any atom is 0.251 e. The molecule has 0 radical (unpaired) electrons. The third-order valence-electron chi connectivity index (χ3n) is 4.55. The summed E-state index contributed by atoms with van der Waals surface area (Å²) in [4.78, 5) is 17.3. The van der Waals surface area contributed by atoms with Gasteiger partial charge in [0.05, 0.1) is 6.54 Å². The molecule has 0 atom stereocenters. The van der Waals surface area contributed by atoms with Crippen LogP contribution in [0.5, 0.6) is 0 Å². The lowest BCUT2D eigenvalue weighted by Gasteiger charge is -2.17. The first-order valence-electron chi connectivity index (χ1n) is 7.94. The van der Waals surface area contributed by atoms with Crippen molar-refractivity contribution >= 4 is 11.8 Å². The van der Waals surface area contributed by atoms with E-state index in [1.165, 1.54) is 11.3 Å². The number of thioether (sulfide) groups is 1. The molecule has 1 N–H and O–H groups in total. The molecular formula is C17H20N2O2S. The number of aromatic nitrogens is 1. The lowest BCUT2D eigenvalue weighted by atomic mass is 9.89. The summed E-state index contributed by atoms with van der Waals surface area (Å²) in [5, 5.41) is 0. The molecule has 0 spiro atoms. The highest BCUT2D eigenvalue weighted by Gasteiger charge is 2.20. The van der Waals surface area contributed by atoms with Crippen molar-refractivity contribution in [3.63, 3.8) is 0 Å². The topological polar surface area (TPSA) is 49.2 Å². The van der Waals surface area contributed by atoms with Gasteiger partial charge in [0, 0.05) is 35.5 Å². The van der Waals surface area contributed by atoms with Crippen LogP contribution in [0, 0.1) is 0 Å². The predicted octanol–water partition coefficient (Wildman–Crippen LogP) is 3.02. The van der Waals surface area contributed by atoms with Crippen molar-refractivity contribution in [2.75, 3.05) is 18.2 Å². The number of hydrogen-bond donors (Lipinski definition) is 1. The van der Waals surface area contributed by atoms with E-state index in [-0.39, 0.29) is 5.56 Å². The van der Waals surface area contributed by atoms with Crippen molar-refractivity contribution in [1.29, 1.82) is 0 Å². The van der Waals surface area contributed by atoms with Crippen LogP contribution in [0.3, 0.4) is 0 Å². The first-order valence-corrected chi connectivity index (χ1v) is 9.09. The summed E-state index contributed by atoms with van der Waals surface area (Å²) < 4.78 is 6.06. The highest BCUT2D eigenvalue weighted by atomic mass is 32.2. The highest BCUT2D eigenvalue weighted by Crippen LogP contribution is 2.31. The molecule has 2 aliphatic rings. The first-order chi connectivity index (χ1) is 10.8. The number of nitrogens with one attached hydrogen (secondary N) is 1. The molecule has 3 heterocycles. The average Bonchev–Trinajstić information content (AvgIpc) is 3.21. The highest BCUT2D eigenvalue weighted by molar-refractivity contribution is 7.99. The van der Waals surface area contributed by atoms with Gasteiger partial charge in [-0.2, -0.15) is 0 Å². The van der Waals surface area contributed by atoms with Gasteiger partial charge in [-0.25, -0.2) is 0 Å². The SMILES string of the molecule is O=c1[nH]cc(-c2ccc(CN3CCSC3)o2)c2c1CCCC2. The van der Waals surface area contributed by atoms with Crippen molar-refractivity contribution in [2.24, 2.45) is 0 Å². The Hall–Kier alpha value is -1.46. The zero-order valence-electron chi connectivity index (χ0n) is 12.6. The fourth-order valence-corrected chi connectivity index (χ4v) is 4.38. The van der Waals surface area contributed by atoms with E-state index in [1.54, 1.807) is 0 Å². The zero-order valence-corrected chi connectivity index (χ0v) is 13.4. The minimum atomic E-state index is 0.0688. The van der Waals surface area contributed by atoms with E-state index in [9.17, 15) is 4.79 Å². The van der Waals surface area contributed by atoms with Gasteiger partial charge in [0.2, 0.25) is 0 Å². The van der Waals surface area contributed by atoms with Crippen molar-refractivity contribution in [3.8, 4) is 11.3 Å². The molecule has 0 bridgehead atoms. The molecule has 0 saturated carbocycles. The van der Waals surface area contributed by atoms with E-state index in [0.717, 1.165) is 67.3 Å². The van der Waals surface area contributed by atoms with Crippen LogP contribution in [0.1, 0.15) is 29.7 Å². The van der Waals surface area contributed by atoms with E-state index >= 15 is 0 Å². The normalized spacial score (nSPS) is 18.5. The molecule has 1 aliphatic heterocycles. The molecule has 0 aromatic carbocycles. The molecule has 0 unspecified atom stereocenters. The van der Waals surface area contributed by atoms with Gasteiger partial charge >= 0.3 is 0 Å². The van der Waals surface area contributed by atoms with Gasteiger partial charge in [-0.05, 0) is 43.4 Å². The molecule has 1 aliphatic carbocycles. The molecule has 0 amide bonds. The monoisotopic (exact) mass is 316 g/mol. The Morgan fingerprint density at radius 3 is 2.91 bits per heavy atom. The van der Waals surface area contributed by atoms with Crippen LogP contribution in [0.25, 0.3) is 11.3 Å². The molecule has 5 heteroatoms. The number of hydrogen-bond acceptors (Lipinski definition) is 4. The Morgan fingerprint density at radius 2 is 2.09 bits per heavy atom. The maximum absolute atomic E-state index is 12.0. The fraction of sp³-hybridized carbons (Fsp3) is 0.471. The van der Waals surface area contributed by atoms with Crippen LogP contribution in [0.15, 0.2) is 27.5 Å². The predicted molar refractivity (Wildman–Crippen MR) is 89.1 cm³/mol. The van der Waals surface area contributed by atoms with Gasteiger partial charge in [-0.3, -0.25) is 9.69 Å². The Bertz CT molecular complexity index is 729. The third kappa shape index (κ3) is 2.63. The molecule has 1 saturated heterocycles. The van der Waals surface area contributed by atoms with Gasteiger partial charge in [0.25, 0.3) is 5.56 Å². The molecule has 116 valence electrons. The summed E-state index contributed by atoms with van der Waals surface area (Å²) in [7, 11) is 0. The lowest BCUT2D eigenvalue weighted by molar-refractivity contribution is 0.313. The van der Waals surface area contributed by atoms with Crippen molar-refractivity contribution in [2.45, 2.75) is 32.2 Å². The minimum absolute atomic E-state index is 0.0688. The Labute approximate surface area is 133 Å². The molecule has 1 fully saturated rings. The smallest absolute Gasteiger partial charge is 0.251 e. The summed E-state index contributed by atoms with van der Waals surface area (Å²) >= 11 is 1.97. The molecule has 2 aromatic rings. The Kier molecular flexibility index (Phi) is 3.84. The summed E-state index contributed by atoms with van der Waals surface area (Å²) in [6.07, 6.45) is 5.95. The number of nitrogens with zero attached hydrogens (tertiary/aromatic N) is 1. The second-order valence-corrected chi connectivity index (χ2v) is 7.13. The Morgan fingerprint density at radius 1 is 1.23 bits per heavy atom. The van der Waals surface area contributed by atoms with E-state index in [0.29, 0.717) is 0 Å². The second kappa shape index (κ2) is 5.97. The molecule has 4 nitrogen and oxygen atoms in total. The number of pyridine rings is 1. The summed E-state index contributed by atoms with van der Waals surface area (Å²) in [5.74, 6) is 4.19. The molecule has 22 heavy (non-hydrogen) atoms. The quantitative estimate of drug-likeness (QED) is 0.945. The number of fused-ring (bicyclic) bond motifs is 1. The van der Waals surface area contributed by atoms with Crippen molar-refractivity contribution in [3.05, 3.63) is 45.6 Å². The van der Waals surface area contributed by atoms with Crippen LogP contribution >= 0.6 is 11.8 Å².